The van der Waals surface area contributed by atoms with Crippen molar-refractivity contribution < 1.29 is 19.0 Å². The largest absolute Gasteiger partial charge is 0.492 e. The Balaban J connectivity index is 1.55. The van der Waals surface area contributed by atoms with E-state index in [1.54, 1.807) is 30.5 Å². The van der Waals surface area contributed by atoms with Gasteiger partial charge in [-0.05, 0) is 66.4 Å². The van der Waals surface area contributed by atoms with Gasteiger partial charge >= 0.3 is 5.97 Å². The van der Waals surface area contributed by atoms with Crippen LogP contribution in [-0.2, 0) is 16.0 Å². The highest BCUT2D eigenvalue weighted by atomic mass is 35.5. The average molecular weight is 500 g/mol. The monoisotopic (exact) mass is 499 g/mol. The van der Waals surface area contributed by atoms with Crippen LogP contribution >= 0.6 is 23.2 Å². The lowest BCUT2D eigenvalue weighted by Crippen LogP contribution is -2.02. The molecular formula is C27H27Cl2NO4. The van der Waals surface area contributed by atoms with Crippen LogP contribution in [0, 0.1) is 6.92 Å². The lowest BCUT2D eigenvalue weighted by molar-refractivity contribution is -0.137. The number of ether oxygens (including phenoxy) is 3. The van der Waals surface area contributed by atoms with E-state index in [0.717, 1.165) is 36.0 Å². The third kappa shape index (κ3) is 8.08. The van der Waals surface area contributed by atoms with Crippen molar-refractivity contribution in [2.24, 2.45) is 0 Å². The number of benzene rings is 2. The first kappa shape index (κ1) is 25.6. The Kier molecular flexibility index (Phi) is 9.80. The van der Waals surface area contributed by atoms with Crippen molar-refractivity contribution in [3.63, 3.8) is 0 Å². The molecule has 1 aromatic heterocycles. The number of hydrogen-bond acceptors (Lipinski definition) is 5. The summed E-state index contributed by atoms with van der Waals surface area (Å²) in [5.74, 6) is 1.18. The van der Waals surface area contributed by atoms with E-state index < -0.39 is 0 Å². The van der Waals surface area contributed by atoms with E-state index in [-0.39, 0.29) is 5.97 Å². The number of unbranched alkanes of at least 4 members (excludes halogenated alkanes) is 1. The summed E-state index contributed by atoms with van der Waals surface area (Å²) in [6, 6.07) is 14.8. The van der Waals surface area contributed by atoms with Crippen molar-refractivity contribution in [3.05, 3.63) is 87.5 Å². The highest BCUT2D eigenvalue weighted by Crippen LogP contribution is 2.34. The van der Waals surface area contributed by atoms with E-state index >= 15 is 0 Å². The number of esters is 1. The maximum Gasteiger partial charge on any atom is 0.330 e. The summed E-state index contributed by atoms with van der Waals surface area (Å²) in [5.41, 5.74) is 2.74. The van der Waals surface area contributed by atoms with Gasteiger partial charge in [0.1, 0.15) is 5.75 Å². The van der Waals surface area contributed by atoms with Crippen molar-refractivity contribution in [2.45, 2.75) is 33.1 Å². The van der Waals surface area contributed by atoms with Gasteiger partial charge < -0.3 is 14.2 Å². The smallest absolute Gasteiger partial charge is 0.330 e. The van der Waals surface area contributed by atoms with Crippen molar-refractivity contribution >= 4 is 35.2 Å². The molecule has 1 heterocycles. The van der Waals surface area contributed by atoms with Gasteiger partial charge in [0.15, 0.2) is 5.75 Å². The Morgan fingerprint density at radius 1 is 1.06 bits per heavy atom. The van der Waals surface area contributed by atoms with Gasteiger partial charge in [-0.25, -0.2) is 9.78 Å². The van der Waals surface area contributed by atoms with Crippen LogP contribution in [0.4, 0.5) is 0 Å². The van der Waals surface area contributed by atoms with E-state index in [0.29, 0.717) is 40.6 Å². The number of nitrogens with zero attached hydrogens (tertiary/aromatic N) is 1. The summed E-state index contributed by atoms with van der Waals surface area (Å²) in [4.78, 5) is 16.1. The molecule has 0 unspecified atom stereocenters. The van der Waals surface area contributed by atoms with Gasteiger partial charge in [0.2, 0.25) is 5.88 Å². The average Bonchev–Trinajstić information content (AvgIpc) is 2.82. The Hall–Kier alpha value is -3.02. The predicted molar refractivity (Wildman–Crippen MR) is 136 cm³/mol. The predicted octanol–water partition coefficient (Wildman–Crippen LogP) is 7.47. The lowest BCUT2D eigenvalue weighted by atomic mass is 10.1. The first-order valence-electron chi connectivity index (χ1n) is 11.1. The molecule has 0 N–H and O–H groups in total. The first-order chi connectivity index (χ1) is 16.4. The summed E-state index contributed by atoms with van der Waals surface area (Å²) in [6.07, 6.45) is 7.27. The molecule has 0 saturated heterocycles. The number of carbonyl (C=O) groups is 1. The molecule has 34 heavy (non-hydrogen) atoms. The third-order valence-corrected chi connectivity index (χ3v) is 5.43. The molecule has 178 valence electrons. The number of aryl methyl sites for hydroxylation is 1. The molecule has 0 amide bonds. The zero-order valence-corrected chi connectivity index (χ0v) is 20.7. The molecule has 0 fully saturated rings. The molecule has 0 saturated carbocycles. The fraction of sp³-hybridized carbons (Fsp3) is 0.259. The molecule has 0 atom stereocenters. The summed E-state index contributed by atoms with van der Waals surface area (Å²) < 4.78 is 16.8. The molecular weight excluding hydrogens is 473 g/mol. The zero-order valence-electron chi connectivity index (χ0n) is 19.2. The van der Waals surface area contributed by atoms with Gasteiger partial charge in [0.25, 0.3) is 0 Å². The Labute approximate surface area is 210 Å². The van der Waals surface area contributed by atoms with Gasteiger partial charge in [0, 0.05) is 23.6 Å². The highest BCUT2D eigenvalue weighted by molar-refractivity contribution is 6.32. The van der Waals surface area contributed by atoms with Gasteiger partial charge in [-0.2, -0.15) is 0 Å². The Morgan fingerprint density at radius 2 is 1.85 bits per heavy atom. The SMILES string of the molecule is CCCCOC(=O)/C=C/c1cc(C)c(Oc2ccc(OCCc3ccc(Cl)cc3)cn2)c(Cl)c1. The minimum atomic E-state index is -0.373. The molecule has 7 heteroatoms. The van der Waals surface area contributed by atoms with Crippen LogP contribution in [0.5, 0.6) is 17.4 Å². The molecule has 2 aromatic carbocycles. The maximum absolute atomic E-state index is 11.8. The fourth-order valence-corrected chi connectivity index (χ4v) is 3.51. The van der Waals surface area contributed by atoms with E-state index in [9.17, 15) is 4.79 Å². The van der Waals surface area contributed by atoms with E-state index in [1.165, 1.54) is 6.08 Å². The number of rotatable bonds is 11. The molecule has 0 aliphatic carbocycles. The quantitative estimate of drug-likeness (QED) is 0.155. The topological polar surface area (TPSA) is 57.7 Å². The van der Waals surface area contributed by atoms with Crippen molar-refractivity contribution in [3.8, 4) is 17.4 Å². The number of aromatic nitrogens is 1. The standard InChI is InChI=1S/C27H27Cl2NO4/c1-3-4-14-33-26(31)12-7-21-16-19(2)27(24(29)17-21)34-25-11-10-23(18-30-25)32-15-13-20-5-8-22(28)9-6-20/h5-12,16-18H,3-4,13-15H2,1-2H3/b12-7+. The minimum absolute atomic E-state index is 0.373. The number of carbonyl (C=O) groups excluding carboxylic acids is 1. The summed E-state index contributed by atoms with van der Waals surface area (Å²) >= 11 is 12.3. The first-order valence-corrected chi connectivity index (χ1v) is 11.9. The number of pyridine rings is 1. The van der Waals surface area contributed by atoms with Gasteiger partial charge in [-0.3, -0.25) is 0 Å². The molecule has 3 aromatic rings. The van der Waals surface area contributed by atoms with E-state index in [1.807, 2.05) is 44.2 Å². The van der Waals surface area contributed by atoms with Crippen LogP contribution in [0.1, 0.15) is 36.5 Å². The van der Waals surface area contributed by atoms with E-state index in [2.05, 4.69) is 4.98 Å². The van der Waals surface area contributed by atoms with E-state index in [4.69, 9.17) is 37.4 Å². The highest BCUT2D eigenvalue weighted by Gasteiger charge is 2.10. The third-order valence-electron chi connectivity index (χ3n) is 4.89. The van der Waals surface area contributed by atoms with Crippen LogP contribution < -0.4 is 9.47 Å². The Bertz CT molecular complexity index is 1090. The van der Waals surface area contributed by atoms with Gasteiger partial charge in [0.05, 0.1) is 24.4 Å². The fourth-order valence-electron chi connectivity index (χ4n) is 3.07. The Morgan fingerprint density at radius 3 is 2.53 bits per heavy atom. The van der Waals surface area contributed by atoms with Crippen molar-refractivity contribution in [1.82, 2.24) is 4.98 Å². The molecule has 0 radical (unpaired) electrons. The van der Waals surface area contributed by atoms with Crippen molar-refractivity contribution in [1.29, 1.82) is 0 Å². The number of hydrogen-bond donors (Lipinski definition) is 0. The molecule has 0 aliphatic rings. The maximum atomic E-state index is 11.8. The van der Waals surface area contributed by atoms with Crippen molar-refractivity contribution in [2.75, 3.05) is 13.2 Å². The molecule has 0 aliphatic heterocycles. The zero-order chi connectivity index (χ0) is 24.3. The second-order valence-electron chi connectivity index (χ2n) is 7.66. The number of halogens is 2. The summed E-state index contributed by atoms with van der Waals surface area (Å²) in [7, 11) is 0. The normalized spacial score (nSPS) is 10.9. The van der Waals surface area contributed by atoms with Gasteiger partial charge in [-0.15, -0.1) is 0 Å². The molecule has 0 spiro atoms. The minimum Gasteiger partial charge on any atom is -0.492 e. The summed E-state index contributed by atoms with van der Waals surface area (Å²) in [5, 5.41) is 1.14. The van der Waals surface area contributed by atoms with Crippen LogP contribution in [-0.4, -0.2) is 24.2 Å². The van der Waals surface area contributed by atoms with Crippen LogP contribution in [0.15, 0.2) is 60.8 Å². The van der Waals surface area contributed by atoms with Gasteiger partial charge in [-0.1, -0.05) is 48.7 Å². The van der Waals surface area contributed by atoms with Crippen LogP contribution in [0.25, 0.3) is 6.08 Å². The summed E-state index contributed by atoms with van der Waals surface area (Å²) in [6.45, 7) is 4.87. The van der Waals surface area contributed by atoms with Crippen LogP contribution in [0.3, 0.4) is 0 Å². The molecule has 0 bridgehead atoms. The lowest BCUT2D eigenvalue weighted by Gasteiger charge is -2.12. The second kappa shape index (κ2) is 13.0. The molecule has 3 rings (SSSR count). The van der Waals surface area contributed by atoms with Crippen LogP contribution in [0.2, 0.25) is 10.0 Å². The second-order valence-corrected chi connectivity index (χ2v) is 8.51. The molecule has 5 nitrogen and oxygen atoms in total.